The predicted molar refractivity (Wildman–Crippen MR) is 219 cm³/mol. The number of benzene rings is 7. The molecule has 0 spiro atoms. The van der Waals surface area contributed by atoms with Crippen LogP contribution in [0.25, 0.3) is 27.5 Å². The van der Waals surface area contributed by atoms with Gasteiger partial charge in [0, 0.05) is 50.6 Å². The van der Waals surface area contributed by atoms with E-state index in [-0.39, 0.29) is 0 Å². The first kappa shape index (κ1) is 32.2. The second-order valence-electron chi connectivity index (χ2n) is 13.9. The molecule has 0 aliphatic heterocycles. The van der Waals surface area contributed by atoms with E-state index in [1.54, 1.807) is 0 Å². The summed E-state index contributed by atoms with van der Waals surface area (Å²) < 4.78 is 2.44. The summed E-state index contributed by atoms with van der Waals surface area (Å²) in [5, 5.41) is 2.55. The molecule has 1 heterocycles. The number of aromatic nitrogens is 1. The van der Waals surface area contributed by atoms with Crippen molar-refractivity contribution in [3.8, 4) is 5.69 Å². The summed E-state index contributed by atoms with van der Waals surface area (Å²) in [5.41, 5.74) is 18.0. The summed E-state index contributed by atoms with van der Waals surface area (Å²) in [7, 11) is 0. The van der Waals surface area contributed by atoms with Gasteiger partial charge in [-0.25, -0.2) is 0 Å². The lowest BCUT2D eigenvalue weighted by molar-refractivity contribution is 1.12. The number of anilines is 6. The number of para-hydroxylation sites is 4. The number of nitrogens with zero attached hydrogens (tertiary/aromatic N) is 3. The summed E-state index contributed by atoms with van der Waals surface area (Å²) in [4.78, 5) is 4.85. The first-order valence-corrected chi connectivity index (χ1v) is 17.8. The van der Waals surface area contributed by atoms with Gasteiger partial charge in [0.05, 0.1) is 11.0 Å². The molecule has 51 heavy (non-hydrogen) atoms. The van der Waals surface area contributed by atoms with Crippen LogP contribution in [0.3, 0.4) is 0 Å². The lowest BCUT2D eigenvalue weighted by Gasteiger charge is -2.33. The molecule has 0 bridgehead atoms. The van der Waals surface area contributed by atoms with Crippen molar-refractivity contribution in [2.75, 3.05) is 9.80 Å². The molecule has 3 nitrogen and oxygen atoms in total. The summed E-state index contributed by atoms with van der Waals surface area (Å²) in [6.45, 7) is 13.4. The Kier molecular flexibility index (Phi) is 8.20. The van der Waals surface area contributed by atoms with E-state index in [0.717, 1.165) is 11.4 Å². The van der Waals surface area contributed by atoms with Gasteiger partial charge in [-0.2, -0.15) is 0 Å². The van der Waals surface area contributed by atoms with Crippen LogP contribution in [0.4, 0.5) is 34.1 Å². The van der Waals surface area contributed by atoms with Crippen LogP contribution in [0.15, 0.2) is 152 Å². The van der Waals surface area contributed by atoms with Gasteiger partial charge in [0.2, 0.25) is 0 Å². The average Bonchev–Trinajstić information content (AvgIpc) is 3.48. The number of hydrogen-bond acceptors (Lipinski definition) is 2. The van der Waals surface area contributed by atoms with Gasteiger partial charge in [-0.3, -0.25) is 0 Å². The zero-order valence-electron chi connectivity index (χ0n) is 30.3. The van der Waals surface area contributed by atoms with Crippen molar-refractivity contribution < 1.29 is 0 Å². The highest BCUT2D eigenvalue weighted by molar-refractivity contribution is 6.09. The van der Waals surface area contributed by atoms with Gasteiger partial charge in [-0.1, -0.05) is 84.9 Å². The third-order valence-corrected chi connectivity index (χ3v) is 10.2. The van der Waals surface area contributed by atoms with Crippen molar-refractivity contribution in [3.05, 3.63) is 185 Å². The minimum absolute atomic E-state index is 1.14. The molecule has 3 heteroatoms. The fourth-order valence-corrected chi connectivity index (χ4v) is 7.65. The van der Waals surface area contributed by atoms with E-state index in [0.29, 0.717) is 0 Å². The highest BCUT2D eigenvalue weighted by atomic mass is 15.2. The lowest BCUT2D eigenvalue weighted by atomic mass is 10.00. The number of aryl methyl sites for hydroxylation is 6. The molecule has 0 radical (unpaired) electrons. The van der Waals surface area contributed by atoms with Gasteiger partial charge in [0.1, 0.15) is 0 Å². The fourth-order valence-electron chi connectivity index (χ4n) is 7.65. The minimum Gasteiger partial charge on any atom is -0.310 e. The molecule has 8 rings (SSSR count). The van der Waals surface area contributed by atoms with Crippen molar-refractivity contribution in [1.29, 1.82) is 0 Å². The molecule has 0 unspecified atom stereocenters. The predicted octanol–water partition coefficient (Wildman–Crippen LogP) is 13.6. The van der Waals surface area contributed by atoms with Gasteiger partial charge >= 0.3 is 0 Å². The molecular weight excluding hydrogens is 619 g/mol. The SMILES string of the molecule is Cc1ccc(C)c(N(c2cc(C)c(N(c3ccccc3)c3ccccc3)cc2C)c2cc(C)c(-n3c4ccccc4c4ccccc43)cc2C)c1. The highest BCUT2D eigenvalue weighted by Crippen LogP contribution is 2.46. The molecule has 8 aromatic rings. The summed E-state index contributed by atoms with van der Waals surface area (Å²) >= 11 is 0. The van der Waals surface area contributed by atoms with Crippen LogP contribution in [0, 0.1) is 41.5 Å². The van der Waals surface area contributed by atoms with Crippen LogP contribution in [-0.4, -0.2) is 4.57 Å². The molecular formula is C48H43N3. The Morgan fingerprint density at radius 3 is 1.33 bits per heavy atom. The van der Waals surface area contributed by atoms with Gasteiger partial charge in [-0.05, 0) is 142 Å². The first-order valence-electron chi connectivity index (χ1n) is 17.8. The Hall–Kier alpha value is -6.06. The molecule has 0 aliphatic rings. The van der Waals surface area contributed by atoms with Crippen molar-refractivity contribution >= 4 is 55.9 Å². The zero-order valence-corrected chi connectivity index (χ0v) is 30.3. The van der Waals surface area contributed by atoms with Crippen LogP contribution in [0.1, 0.15) is 33.4 Å². The topological polar surface area (TPSA) is 11.4 Å². The average molecular weight is 662 g/mol. The third kappa shape index (κ3) is 5.65. The van der Waals surface area contributed by atoms with E-state index in [4.69, 9.17) is 0 Å². The first-order chi connectivity index (χ1) is 24.8. The number of hydrogen-bond donors (Lipinski definition) is 0. The van der Waals surface area contributed by atoms with Crippen molar-refractivity contribution in [2.24, 2.45) is 0 Å². The van der Waals surface area contributed by atoms with Gasteiger partial charge < -0.3 is 14.4 Å². The van der Waals surface area contributed by atoms with E-state index in [1.807, 2.05) is 0 Å². The normalized spacial score (nSPS) is 11.3. The van der Waals surface area contributed by atoms with Crippen LogP contribution in [0.5, 0.6) is 0 Å². The fraction of sp³-hybridized carbons (Fsp3) is 0.125. The van der Waals surface area contributed by atoms with Gasteiger partial charge in [0.15, 0.2) is 0 Å². The quantitative estimate of drug-likeness (QED) is 0.168. The van der Waals surface area contributed by atoms with Crippen molar-refractivity contribution in [1.82, 2.24) is 4.57 Å². The summed E-state index contributed by atoms with van der Waals surface area (Å²) in [5.74, 6) is 0. The molecule has 0 fully saturated rings. The lowest BCUT2D eigenvalue weighted by Crippen LogP contribution is -2.17. The Morgan fingerprint density at radius 2 is 0.784 bits per heavy atom. The van der Waals surface area contributed by atoms with Crippen LogP contribution in [0.2, 0.25) is 0 Å². The molecule has 250 valence electrons. The number of rotatable bonds is 7. The summed E-state index contributed by atoms with van der Waals surface area (Å²) in [6, 6.07) is 55.1. The Labute approximate surface area is 301 Å². The van der Waals surface area contributed by atoms with Gasteiger partial charge in [0.25, 0.3) is 0 Å². The maximum absolute atomic E-state index is 2.49. The smallest absolute Gasteiger partial charge is 0.0541 e. The van der Waals surface area contributed by atoms with Crippen LogP contribution < -0.4 is 9.80 Å². The molecule has 1 aromatic heterocycles. The largest absolute Gasteiger partial charge is 0.310 e. The van der Waals surface area contributed by atoms with E-state index < -0.39 is 0 Å². The molecule has 0 saturated carbocycles. The van der Waals surface area contributed by atoms with Crippen molar-refractivity contribution in [2.45, 2.75) is 41.5 Å². The molecule has 0 atom stereocenters. The number of fused-ring (bicyclic) bond motifs is 3. The summed E-state index contributed by atoms with van der Waals surface area (Å²) in [6.07, 6.45) is 0. The third-order valence-electron chi connectivity index (χ3n) is 10.2. The minimum atomic E-state index is 1.14. The van der Waals surface area contributed by atoms with Crippen LogP contribution in [-0.2, 0) is 0 Å². The monoisotopic (exact) mass is 661 g/mol. The highest BCUT2D eigenvalue weighted by Gasteiger charge is 2.24. The molecule has 0 amide bonds. The second kappa shape index (κ2) is 13.0. The maximum atomic E-state index is 2.49. The van der Waals surface area contributed by atoms with E-state index in [2.05, 4.69) is 208 Å². The standard InChI is InChI=1S/C48H43N3/c1-32-25-26-33(2)44(27-32)51(47-29-34(3)45(28-35(47)4)49(38-17-9-7-10-18-38)39-19-11-8-12-20-39)48-31-36(5)46(30-37(48)6)50-42-23-15-13-21-40(42)41-22-14-16-24-43(41)50/h7-31H,1-6H3. The maximum Gasteiger partial charge on any atom is 0.0541 e. The van der Waals surface area contributed by atoms with Crippen molar-refractivity contribution in [3.63, 3.8) is 0 Å². The zero-order chi connectivity index (χ0) is 35.2. The Bertz CT molecular complexity index is 2450. The van der Waals surface area contributed by atoms with E-state index in [9.17, 15) is 0 Å². The molecule has 7 aromatic carbocycles. The Balaban J connectivity index is 1.33. The molecule has 0 aliphatic carbocycles. The van der Waals surface area contributed by atoms with Gasteiger partial charge in [-0.15, -0.1) is 0 Å². The van der Waals surface area contributed by atoms with E-state index in [1.165, 1.54) is 83.6 Å². The molecule has 0 saturated heterocycles. The Morgan fingerprint density at radius 1 is 0.353 bits per heavy atom. The molecule has 0 N–H and O–H groups in total. The van der Waals surface area contributed by atoms with E-state index >= 15 is 0 Å². The van der Waals surface area contributed by atoms with Crippen LogP contribution >= 0.6 is 0 Å². The second-order valence-corrected chi connectivity index (χ2v) is 13.9.